The number of hydrogen-bond acceptors (Lipinski definition) is 6. The molecular weight excluding hydrogens is 401 g/mol. The predicted molar refractivity (Wildman–Crippen MR) is 110 cm³/mol. The van der Waals surface area contributed by atoms with Gasteiger partial charge in [-0.1, -0.05) is 17.3 Å². The van der Waals surface area contributed by atoms with E-state index in [2.05, 4.69) is 10.1 Å². The minimum atomic E-state index is -0.353. The monoisotopic (exact) mass is 423 g/mol. The first-order valence-electron chi connectivity index (χ1n) is 10.5. The quantitative estimate of drug-likeness (QED) is 0.632. The number of aromatic nitrogens is 2. The van der Waals surface area contributed by atoms with Gasteiger partial charge < -0.3 is 18.9 Å². The summed E-state index contributed by atoms with van der Waals surface area (Å²) in [6.07, 6.45) is 2.49. The molecule has 3 aromatic rings. The van der Waals surface area contributed by atoms with Crippen LogP contribution in [0.1, 0.15) is 41.4 Å². The summed E-state index contributed by atoms with van der Waals surface area (Å²) in [5, 5.41) is 4.00. The molecule has 1 aromatic heterocycles. The predicted octanol–water partition coefficient (Wildman–Crippen LogP) is 4.06. The molecule has 2 aliphatic heterocycles. The molecule has 7 nitrogen and oxygen atoms in total. The fourth-order valence-electron chi connectivity index (χ4n) is 3.99. The zero-order valence-electron chi connectivity index (χ0n) is 16.9. The Morgan fingerprint density at radius 2 is 1.94 bits per heavy atom. The Kier molecular flexibility index (Phi) is 5.28. The van der Waals surface area contributed by atoms with E-state index in [9.17, 15) is 9.18 Å². The van der Waals surface area contributed by atoms with E-state index < -0.39 is 0 Å². The molecule has 5 rings (SSSR count). The van der Waals surface area contributed by atoms with E-state index in [-0.39, 0.29) is 17.6 Å². The smallest absolute Gasteiger partial charge is 0.254 e. The molecule has 0 spiro atoms. The number of carbonyl (C=O) groups excluding carboxylic acids is 1. The number of fused-ring (bicyclic) bond motifs is 1. The molecule has 2 aromatic carbocycles. The molecule has 1 saturated heterocycles. The fourth-order valence-corrected chi connectivity index (χ4v) is 3.99. The Balaban J connectivity index is 1.32. The summed E-state index contributed by atoms with van der Waals surface area (Å²) in [6.45, 7) is 2.32. The molecule has 0 bridgehead atoms. The maximum absolute atomic E-state index is 13.5. The Hall–Kier alpha value is -3.42. The minimum Gasteiger partial charge on any atom is -0.490 e. The molecule has 160 valence electrons. The van der Waals surface area contributed by atoms with Gasteiger partial charge in [-0.15, -0.1) is 0 Å². The van der Waals surface area contributed by atoms with E-state index in [1.807, 2.05) is 0 Å². The molecule has 1 unspecified atom stereocenters. The van der Waals surface area contributed by atoms with E-state index in [4.69, 9.17) is 14.0 Å². The van der Waals surface area contributed by atoms with E-state index in [0.29, 0.717) is 60.6 Å². The molecule has 0 saturated carbocycles. The van der Waals surface area contributed by atoms with Crippen molar-refractivity contribution in [1.82, 2.24) is 15.0 Å². The second kappa shape index (κ2) is 8.37. The number of rotatable bonds is 3. The lowest BCUT2D eigenvalue weighted by Crippen LogP contribution is -2.39. The zero-order valence-corrected chi connectivity index (χ0v) is 16.9. The van der Waals surface area contributed by atoms with E-state index in [1.165, 1.54) is 12.1 Å². The van der Waals surface area contributed by atoms with Gasteiger partial charge in [0.05, 0.1) is 19.1 Å². The molecule has 1 amide bonds. The Labute approximate surface area is 178 Å². The standard InChI is InChI=1S/C23H22FN3O4/c24-18-6-1-4-15(12-18)21-25-22(31-26-21)17-5-2-9-27(14-17)23(28)16-7-8-19-20(13-16)30-11-3-10-29-19/h1,4,6-8,12-13,17H,2-3,5,9-11,14H2. The van der Waals surface area contributed by atoms with Crippen LogP contribution in [0, 0.1) is 5.82 Å². The van der Waals surface area contributed by atoms with Crippen LogP contribution in [-0.4, -0.2) is 47.3 Å². The summed E-state index contributed by atoms with van der Waals surface area (Å²) in [4.78, 5) is 19.4. The van der Waals surface area contributed by atoms with Crippen molar-refractivity contribution in [3.63, 3.8) is 0 Å². The normalized spacial score (nSPS) is 18.5. The topological polar surface area (TPSA) is 77.7 Å². The van der Waals surface area contributed by atoms with Crippen molar-refractivity contribution in [2.24, 2.45) is 0 Å². The molecular formula is C23H22FN3O4. The zero-order chi connectivity index (χ0) is 21.2. The number of carbonyl (C=O) groups is 1. The van der Waals surface area contributed by atoms with Crippen molar-refractivity contribution < 1.29 is 23.2 Å². The summed E-state index contributed by atoms with van der Waals surface area (Å²) in [5.41, 5.74) is 1.13. The van der Waals surface area contributed by atoms with Crippen molar-refractivity contribution in [2.75, 3.05) is 26.3 Å². The fraction of sp³-hybridized carbons (Fsp3) is 0.348. The van der Waals surface area contributed by atoms with E-state index in [1.54, 1.807) is 35.2 Å². The van der Waals surface area contributed by atoms with Gasteiger partial charge in [0.25, 0.3) is 5.91 Å². The van der Waals surface area contributed by atoms with Crippen LogP contribution in [0.5, 0.6) is 11.5 Å². The maximum atomic E-state index is 13.5. The summed E-state index contributed by atoms with van der Waals surface area (Å²) in [6, 6.07) is 11.4. The lowest BCUT2D eigenvalue weighted by Gasteiger charge is -2.31. The van der Waals surface area contributed by atoms with Crippen molar-refractivity contribution in [3.05, 3.63) is 59.7 Å². The number of piperidine rings is 1. The van der Waals surface area contributed by atoms with E-state index in [0.717, 1.165) is 19.3 Å². The second-order valence-electron chi connectivity index (χ2n) is 7.77. The summed E-state index contributed by atoms with van der Waals surface area (Å²) < 4.78 is 30.3. The van der Waals surface area contributed by atoms with Crippen molar-refractivity contribution in [3.8, 4) is 22.9 Å². The largest absolute Gasteiger partial charge is 0.490 e. The lowest BCUT2D eigenvalue weighted by atomic mass is 9.97. The number of halogens is 1. The van der Waals surface area contributed by atoms with Gasteiger partial charge in [-0.25, -0.2) is 4.39 Å². The van der Waals surface area contributed by atoms with Crippen LogP contribution in [0.15, 0.2) is 47.0 Å². The molecule has 0 N–H and O–H groups in total. The van der Waals surface area contributed by atoms with Gasteiger partial charge in [-0.05, 0) is 43.2 Å². The van der Waals surface area contributed by atoms with Crippen molar-refractivity contribution in [2.45, 2.75) is 25.2 Å². The number of nitrogens with zero attached hydrogens (tertiary/aromatic N) is 3. The summed E-state index contributed by atoms with van der Waals surface area (Å²) in [5.74, 6) is 1.61. The average Bonchev–Trinajstić information content (AvgIpc) is 3.18. The van der Waals surface area contributed by atoms with Crippen LogP contribution in [0.3, 0.4) is 0 Å². The summed E-state index contributed by atoms with van der Waals surface area (Å²) >= 11 is 0. The number of ether oxygens (including phenoxy) is 2. The van der Waals surface area contributed by atoms with Gasteiger partial charge in [0.2, 0.25) is 11.7 Å². The third-order valence-corrected chi connectivity index (χ3v) is 5.58. The van der Waals surface area contributed by atoms with Gasteiger partial charge in [0, 0.05) is 30.6 Å². The second-order valence-corrected chi connectivity index (χ2v) is 7.77. The van der Waals surface area contributed by atoms with Gasteiger partial charge >= 0.3 is 0 Å². The highest BCUT2D eigenvalue weighted by Crippen LogP contribution is 2.32. The third kappa shape index (κ3) is 4.10. The van der Waals surface area contributed by atoms with E-state index >= 15 is 0 Å². The minimum absolute atomic E-state index is 0.0621. The molecule has 2 aliphatic rings. The van der Waals surface area contributed by atoms with Crippen LogP contribution >= 0.6 is 0 Å². The first-order valence-corrected chi connectivity index (χ1v) is 10.5. The summed E-state index contributed by atoms with van der Waals surface area (Å²) in [7, 11) is 0. The lowest BCUT2D eigenvalue weighted by molar-refractivity contribution is 0.0695. The van der Waals surface area contributed by atoms with Crippen LogP contribution in [0.25, 0.3) is 11.4 Å². The Morgan fingerprint density at radius 3 is 2.81 bits per heavy atom. The SMILES string of the molecule is O=C(c1ccc2c(c1)OCCCO2)N1CCCC(c2nc(-c3cccc(F)c3)no2)C1. The number of amides is 1. The van der Waals surface area contributed by atoms with Crippen LogP contribution in [0.2, 0.25) is 0 Å². The molecule has 8 heteroatoms. The third-order valence-electron chi connectivity index (χ3n) is 5.58. The van der Waals surface area contributed by atoms with Gasteiger partial charge in [-0.3, -0.25) is 4.79 Å². The highest BCUT2D eigenvalue weighted by molar-refractivity contribution is 5.95. The van der Waals surface area contributed by atoms with Crippen LogP contribution in [-0.2, 0) is 0 Å². The molecule has 0 radical (unpaired) electrons. The molecule has 0 aliphatic carbocycles. The van der Waals surface area contributed by atoms with Gasteiger partial charge in [0.1, 0.15) is 5.82 Å². The van der Waals surface area contributed by atoms with Crippen LogP contribution in [0.4, 0.5) is 4.39 Å². The molecule has 31 heavy (non-hydrogen) atoms. The first-order chi connectivity index (χ1) is 15.2. The van der Waals surface area contributed by atoms with Crippen molar-refractivity contribution >= 4 is 5.91 Å². The van der Waals surface area contributed by atoms with Crippen molar-refractivity contribution in [1.29, 1.82) is 0 Å². The van der Waals surface area contributed by atoms with Gasteiger partial charge in [-0.2, -0.15) is 4.98 Å². The highest BCUT2D eigenvalue weighted by Gasteiger charge is 2.30. The number of hydrogen-bond donors (Lipinski definition) is 0. The highest BCUT2D eigenvalue weighted by atomic mass is 19.1. The molecule has 3 heterocycles. The molecule has 1 atom stereocenters. The van der Waals surface area contributed by atoms with Gasteiger partial charge in [0.15, 0.2) is 11.5 Å². The Morgan fingerprint density at radius 1 is 1.06 bits per heavy atom. The average molecular weight is 423 g/mol. The Bertz CT molecular complexity index is 1100. The maximum Gasteiger partial charge on any atom is 0.254 e. The molecule has 1 fully saturated rings. The number of benzene rings is 2. The first kappa shape index (κ1) is 19.5. The van der Waals surface area contributed by atoms with Crippen LogP contribution < -0.4 is 9.47 Å². The number of likely N-dealkylation sites (tertiary alicyclic amines) is 1.